The van der Waals surface area contributed by atoms with E-state index in [9.17, 15) is 15.0 Å². The molecule has 9 heteroatoms. The van der Waals surface area contributed by atoms with Crippen LogP contribution in [0.3, 0.4) is 0 Å². The molecule has 0 unspecified atom stereocenters. The number of allylic oxidation sites excluding steroid dienone is 1. The lowest BCUT2D eigenvalue weighted by molar-refractivity contribution is -0.257. The molecule has 1 aliphatic heterocycles. The van der Waals surface area contributed by atoms with Crippen molar-refractivity contribution >= 4 is 22.4 Å². The number of aliphatic hydroxyl groups is 2. The summed E-state index contributed by atoms with van der Waals surface area (Å²) < 4.78 is 21.0. The summed E-state index contributed by atoms with van der Waals surface area (Å²) in [5, 5.41) is 26.6. The highest BCUT2D eigenvalue weighted by atomic mass is 16.7. The SMILES string of the molecule is C=CCO[C@@]12Oc3ccc(Oc4ccc5ccccc5c4)cc3[C@H]3[C@H](CCCCO)[C@@H](CCCCO)C=C(C(=NOC)C[C@@H]1N(CCC)C(=O)C1CC1)[C@H]32. The van der Waals surface area contributed by atoms with Gasteiger partial charge in [-0.3, -0.25) is 4.79 Å². The van der Waals surface area contributed by atoms with Crippen LogP contribution in [0.1, 0.15) is 82.6 Å². The molecule has 0 spiro atoms. The Bertz CT molecular complexity index is 1850. The molecule has 6 atom stereocenters. The van der Waals surface area contributed by atoms with E-state index in [1.807, 2.05) is 35.2 Å². The number of nitrogens with zero attached hydrogens (tertiary/aromatic N) is 2. The average molecular weight is 737 g/mol. The Morgan fingerprint density at radius 1 is 1.00 bits per heavy atom. The molecule has 3 aromatic carbocycles. The third-order valence-electron chi connectivity index (χ3n) is 11.9. The normalized spacial score (nSPS) is 26.3. The summed E-state index contributed by atoms with van der Waals surface area (Å²) in [5.41, 5.74) is 2.89. The van der Waals surface area contributed by atoms with E-state index in [0.29, 0.717) is 25.1 Å². The summed E-state index contributed by atoms with van der Waals surface area (Å²) in [7, 11) is 1.58. The Balaban J connectivity index is 1.41. The molecule has 0 radical (unpaired) electrons. The number of oxime groups is 1. The number of hydrogen-bond acceptors (Lipinski definition) is 8. The predicted molar refractivity (Wildman–Crippen MR) is 211 cm³/mol. The first-order valence-electron chi connectivity index (χ1n) is 20.0. The number of rotatable bonds is 18. The third kappa shape index (κ3) is 7.55. The van der Waals surface area contributed by atoms with Crippen LogP contribution in [-0.4, -0.2) is 72.0 Å². The molecule has 288 valence electrons. The molecule has 1 amide bonds. The van der Waals surface area contributed by atoms with E-state index in [0.717, 1.165) is 90.5 Å². The van der Waals surface area contributed by atoms with Gasteiger partial charge in [0, 0.05) is 43.6 Å². The fraction of sp³-hybridized carbons (Fsp3) is 0.511. The minimum absolute atomic E-state index is 0.0164. The molecule has 1 heterocycles. The van der Waals surface area contributed by atoms with Gasteiger partial charge >= 0.3 is 0 Å². The van der Waals surface area contributed by atoms with Crippen molar-refractivity contribution < 1.29 is 34.1 Å². The Kier molecular flexibility index (Phi) is 12.1. The number of unbranched alkanes of at least 4 members (excludes halogenated alkanes) is 2. The second-order valence-corrected chi connectivity index (χ2v) is 15.4. The van der Waals surface area contributed by atoms with Crippen LogP contribution < -0.4 is 9.47 Å². The Labute approximate surface area is 319 Å². The molecule has 9 nitrogen and oxygen atoms in total. The molecule has 0 aromatic heterocycles. The highest BCUT2D eigenvalue weighted by Crippen LogP contribution is 2.62. The number of aliphatic hydroxyl groups excluding tert-OH is 2. The van der Waals surface area contributed by atoms with Crippen molar-refractivity contribution in [3.63, 3.8) is 0 Å². The molecule has 2 N–H and O–H groups in total. The monoisotopic (exact) mass is 736 g/mol. The molecule has 4 aliphatic rings. The maximum absolute atomic E-state index is 14.2. The zero-order valence-electron chi connectivity index (χ0n) is 31.8. The van der Waals surface area contributed by atoms with E-state index in [4.69, 9.17) is 19.0 Å². The second kappa shape index (κ2) is 17.1. The molecule has 54 heavy (non-hydrogen) atoms. The molecular weight excluding hydrogens is 681 g/mol. The number of ether oxygens (including phenoxy) is 3. The van der Waals surface area contributed by atoms with Gasteiger partial charge in [0.05, 0.1) is 18.2 Å². The van der Waals surface area contributed by atoms with Crippen LogP contribution in [0.5, 0.6) is 17.2 Å². The zero-order chi connectivity index (χ0) is 37.7. The van der Waals surface area contributed by atoms with Crippen molar-refractivity contribution in [3.8, 4) is 17.2 Å². The van der Waals surface area contributed by atoms with E-state index < -0.39 is 11.8 Å². The van der Waals surface area contributed by atoms with E-state index in [2.05, 4.69) is 55.1 Å². The summed E-state index contributed by atoms with van der Waals surface area (Å²) in [4.78, 5) is 21.8. The first-order chi connectivity index (χ1) is 26.5. The molecule has 0 saturated heterocycles. The fourth-order valence-corrected chi connectivity index (χ4v) is 9.41. The van der Waals surface area contributed by atoms with Crippen molar-refractivity contribution in [3.05, 3.63) is 90.5 Å². The summed E-state index contributed by atoms with van der Waals surface area (Å²) in [5.74, 6) is 1.02. The molecule has 7 rings (SSSR count). The van der Waals surface area contributed by atoms with Gasteiger partial charge in [-0.2, -0.15) is 0 Å². The van der Waals surface area contributed by atoms with E-state index in [1.54, 1.807) is 13.2 Å². The standard InChI is InChI=1S/C45H56N2O7/c1-4-22-47(44(50)31-16-17-31)41-29-39(46-51-3)37-27-33(14-8-10-23-48)36(15-9-11-24-49)42-38-28-35(53-34-19-18-30-12-6-7-13-32(30)26-34)20-21-40(38)54-45(41,43(37)42)52-25-5-2/h5-7,12-13,18-21,26-28,31,33,36,41-43,48-49H,2,4,8-11,14-17,22-25,29H2,1,3H3/t33-,36+,41-,42+,43+,45+/m0/s1. The van der Waals surface area contributed by atoms with Gasteiger partial charge in [-0.15, -0.1) is 6.58 Å². The van der Waals surface area contributed by atoms with E-state index in [1.165, 1.54) is 0 Å². The van der Waals surface area contributed by atoms with Crippen LogP contribution in [0.2, 0.25) is 0 Å². The number of amides is 1. The Hall–Kier alpha value is -4.18. The van der Waals surface area contributed by atoms with E-state index in [-0.39, 0.29) is 55.3 Å². The Morgan fingerprint density at radius 3 is 2.46 bits per heavy atom. The summed E-state index contributed by atoms with van der Waals surface area (Å²) in [6, 6.07) is 20.0. The molecule has 2 fully saturated rings. The van der Waals surface area contributed by atoms with Crippen LogP contribution in [0.15, 0.2) is 90.1 Å². The molecule has 2 saturated carbocycles. The fourth-order valence-electron chi connectivity index (χ4n) is 9.41. The van der Waals surface area contributed by atoms with Crippen molar-refractivity contribution in [1.29, 1.82) is 0 Å². The van der Waals surface area contributed by atoms with Gasteiger partial charge in [0.2, 0.25) is 11.7 Å². The lowest BCUT2D eigenvalue weighted by Gasteiger charge is -2.60. The van der Waals surface area contributed by atoms with Crippen molar-refractivity contribution in [2.75, 3.05) is 33.5 Å². The minimum atomic E-state index is -1.23. The Morgan fingerprint density at radius 2 is 1.74 bits per heavy atom. The van der Waals surface area contributed by atoms with Gasteiger partial charge in [0.25, 0.3) is 0 Å². The van der Waals surface area contributed by atoms with E-state index >= 15 is 0 Å². The van der Waals surface area contributed by atoms with Crippen molar-refractivity contribution in [2.24, 2.45) is 28.8 Å². The maximum Gasteiger partial charge on any atom is 0.239 e. The highest BCUT2D eigenvalue weighted by molar-refractivity contribution is 6.03. The number of fused-ring (bicyclic) bond motifs is 3. The van der Waals surface area contributed by atoms with Crippen LogP contribution >= 0.6 is 0 Å². The number of carbonyl (C=O) groups is 1. The lowest BCUT2D eigenvalue weighted by atomic mass is 9.55. The lowest BCUT2D eigenvalue weighted by Crippen LogP contribution is -2.70. The van der Waals surface area contributed by atoms with Gasteiger partial charge in [-0.05, 0) is 103 Å². The number of benzene rings is 3. The van der Waals surface area contributed by atoms with Crippen molar-refractivity contribution in [1.82, 2.24) is 4.90 Å². The molecular formula is C45H56N2O7. The van der Waals surface area contributed by atoms with Crippen LogP contribution in [0, 0.1) is 23.7 Å². The first-order valence-corrected chi connectivity index (χ1v) is 20.0. The van der Waals surface area contributed by atoms with Gasteiger partial charge in [0.15, 0.2) is 0 Å². The quantitative estimate of drug-likeness (QED) is 0.0766. The summed E-state index contributed by atoms with van der Waals surface area (Å²) >= 11 is 0. The largest absolute Gasteiger partial charge is 0.459 e. The topological polar surface area (TPSA) is 110 Å². The van der Waals surface area contributed by atoms with Gasteiger partial charge < -0.3 is 34.2 Å². The third-order valence-corrected chi connectivity index (χ3v) is 11.9. The van der Waals surface area contributed by atoms with Gasteiger partial charge in [-0.25, -0.2) is 0 Å². The van der Waals surface area contributed by atoms with Crippen molar-refractivity contribution in [2.45, 2.75) is 88.9 Å². The van der Waals surface area contributed by atoms with Gasteiger partial charge in [0.1, 0.15) is 30.4 Å². The number of hydrogen-bond donors (Lipinski definition) is 2. The summed E-state index contributed by atoms with van der Waals surface area (Å²) in [6.45, 7) is 7.24. The van der Waals surface area contributed by atoms with Crippen LogP contribution in [0.25, 0.3) is 10.8 Å². The molecule has 3 aromatic rings. The zero-order valence-corrected chi connectivity index (χ0v) is 31.8. The summed E-state index contributed by atoms with van der Waals surface area (Å²) in [6.07, 6.45) is 12.1. The highest BCUT2D eigenvalue weighted by Gasteiger charge is 2.65. The van der Waals surface area contributed by atoms with Crippen LogP contribution in [-0.2, 0) is 14.4 Å². The van der Waals surface area contributed by atoms with Gasteiger partial charge in [-0.1, -0.05) is 67.4 Å². The minimum Gasteiger partial charge on any atom is -0.459 e. The van der Waals surface area contributed by atoms with Crippen LogP contribution in [0.4, 0.5) is 0 Å². The smallest absolute Gasteiger partial charge is 0.239 e. The predicted octanol–water partition coefficient (Wildman–Crippen LogP) is 8.54. The average Bonchev–Trinajstić information content (AvgIpc) is 4.04. The second-order valence-electron chi connectivity index (χ2n) is 15.4. The first kappa shape index (κ1) is 38.1. The maximum atomic E-state index is 14.2. The number of carbonyl (C=O) groups excluding carboxylic acids is 1. The molecule has 0 bridgehead atoms. The molecule has 3 aliphatic carbocycles.